The van der Waals surface area contributed by atoms with Crippen LogP contribution in [-0.4, -0.2) is 12.3 Å². The Morgan fingerprint density at radius 3 is 1.60 bits per heavy atom. The van der Waals surface area contributed by atoms with E-state index in [-0.39, 0.29) is 39.7 Å². The maximum atomic E-state index is 15.2. The van der Waals surface area contributed by atoms with Gasteiger partial charge < -0.3 is 14.7 Å². The number of hydrogen-bond acceptors (Lipinski definition) is 3. The molecule has 2 unspecified atom stereocenters. The highest BCUT2D eigenvalue weighted by Crippen LogP contribution is 2.61. The van der Waals surface area contributed by atoms with E-state index in [0.29, 0.717) is 0 Å². The molecular formula is C57H63BFN3. The molecule has 10 rings (SSSR count). The normalized spacial score (nSPS) is 20.4. The van der Waals surface area contributed by atoms with Crippen LogP contribution in [0.3, 0.4) is 0 Å². The second-order valence-corrected chi connectivity index (χ2v) is 22.5. The third-order valence-electron chi connectivity index (χ3n) is 15.4. The quantitative estimate of drug-likeness (QED) is 0.164. The Morgan fingerprint density at radius 1 is 0.500 bits per heavy atom. The van der Waals surface area contributed by atoms with Crippen LogP contribution in [0.25, 0.3) is 0 Å². The van der Waals surface area contributed by atoms with Crippen LogP contribution in [0.1, 0.15) is 130 Å². The van der Waals surface area contributed by atoms with Crippen LogP contribution in [0.4, 0.5) is 49.9 Å². The van der Waals surface area contributed by atoms with E-state index in [9.17, 15) is 0 Å². The van der Waals surface area contributed by atoms with Crippen LogP contribution in [0, 0.1) is 12.7 Å². The highest BCUT2D eigenvalue weighted by Gasteiger charge is 2.58. The number of nitrogens with zero attached hydrogens (tertiary/aromatic N) is 3. The van der Waals surface area contributed by atoms with E-state index in [1.807, 2.05) is 12.1 Å². The van der Waals surface area contributed by atoms with Gasteiger partial charge in [0.15, 0.2) is 0 Å². The van der Waals surface area contributed by atoms with E-state index < -0.39 is 0 Å². The molecule has 316 valence electrons. The summed E-state index contributed by atoms with van der Waals surface area (Å²) in [7, 11) is 0. The van der Waals surface area contributed by atoms with Gasteiger partial charge in [0, 0.05) is 50.9 Å². The van der Waals surface area contributed by atoms with Crippen LogP contribution in [-0.2, 0) is 21.7 Å². The molecule has 3 nitrogen and oxygen atoms in total. The van der Waals surface area contributed by atoms with Crippen molar-refractivity contribution in [3.05, 3.63) is 149 Å². The molecule has 0 aromatic heterocycles. The first-order valence-electron chi connectivity index (χ1n) is 23.0. The smallest absolute Gasteiger partial charge is 0.252 e. The first-order valence-corrected chi connectivity index (χ1v) is 23.0. The van der Waals surface area contributed by atoms with Gasteiger partial charge in [0.1, 0.15) is 5.82 Å². The van der Waals surface area contributed by atoms with E-state index in [1.165, 1.54) is 67.1 Å². The molecule has 1 fully saturated rings. The van der Waals surface area contributed by atoms with Crippen molar-refractivity contribution in [3.8, 4) is 0 Å². The molecule has 3 heterocycles. The van der Waals surface area contributed by atoms with Crippen molar-refractivity contribution in [1.29, 1.82) is 0 Å². The molecule has 5 heteroatoms. The lowest BCUT2D eigenvalue weighted by Gasteiger charge is -2.50. The van der Waals surface area contributed by atoms with Gasteiger partial charge in [-0.05, 0) is 160 Å². The maximum Gasteiger partial charge on any atom is 0.252 e. The summed E-state index contributed by atoms with van der Waals surface area (Å²) < 4.78 is 15.2. The minimum absolute atomic E-state index is 0.00707. The molecule has 62 heavy (non-hydrogen) atoms. The van der Waals surface area contributed by atoms with Gasteiger partial charge in [-0.1, -0.05) is 125 Å². The number of fused-ring (bicyclic) bond motifs is 7. The Balaban J connectivity index is 1.26. The molecule has 2 atom stereocenters. The van der Waals surface area contributed by atoms with Crippen molar-refractivity contribution >= 4 is 68.6 Å². The summed E-state index contributed by atoms with van der Waals surface area (Å²) in [6.07, 6.45) is 4.42. The van der Waals surface area contributed by atoms with Crippen molar-refractivity contribution in [2.75, 3.05) is 14.7 Å². The molecule has 0 saturated heterocycles. The molecule has 1 saturated carbocycles. The van der Waals surface area contributed by atoms with Gasteiger partial charge in [0.25, 0.3) is 6.71 Å². The lowest BCUT2D eigenvalue weighted by atomic mass is 9.33. The molecule has 3 aliphatic heterocycles. The van der Waals surface area contributed by atoms with E-state index >= 15 is 4.39 Å². The molecule has 6 aromatic carbocycles. The van der Waals surface area contributed by atoms with Crippen molar-refractivity contribution in [2.24, 2.45) is 0 Å². The zero-order valence-electron chi connectivity index (χ0n) is 39.1. The lowest BCUT2D eigenvalue weighted by molar-refractivity contribution is 0.194. The van der Waals surface area contributed by atoms with Crippen LogP contribution in [0.5, 0.6) is 0 Å². The summed E-state index contributed by atoms with van der Waals surface area (Å²) >= 11 is 0. The minimum Gasteiger partial charge on any atom is -0.334 e. The van der Waals surface area contributed by atoms with Crippen LogP contribution >= 0.6 is 0 Å². The third kappa shape index (κ3) is 6.04. The summed E-state index contributed by atoms with van der Waals surface area (Å²) in [5.74, 6) is -0.150. The standard InChI is InChI=1S/C57H63BFN3/c1-36-31-50-52-51(32-36)61(42-23-17-38(18-24-42)54(5,6)7)49-35-43(62-47-28-20-40(59)34-44(47)56(11)29-13-14-30-57(56,62)12)25-26-45(49)58(52)46-33-39(55(8,9)10)19-27-48(46)60(50)41-21-15-37(16-22-41)53(2,3)4/h15-28,31-35H,13-14,29-30H2,1-12H3. The Morgan fingerprint density at radius 2 is 1.02 bits per heavy atom. The summed E-state index contributed by atoms with van der Waals surface area (Å²) in [6.45, 7) is 27.8. The number of aryl methyl sites for hydroxylation is 1. The Kier molecular flexibility index (Phi) is 8.95. The van der Waals surface area contributed by atoms with Gasteiger partial charge in [-0.15, -0.1) is 0 Å². The largest absolute Gasteiger partial charge is 0.334 e. The lowest BCUT2D eigenvalue weighted by Crippen LogP contribution is -2.61. The van der Waals surface area contributed by atoms with E-state index in [4.69, 9.17) is 0 Å². The molecule has 6 aromatic rings. The zero-order chi connectivity index (χ0) is 43.9. The Hall–Kier alpha value is -5.29. The predicted octanol–water partition coefficient (Wildman–Crippen LogP) is 13.9. The average molecular weight is 820 g/mol. The van der Waals surface area contributed by atoms with Crippen molar-refractivity contribution in [1.82, 2.24) is 0 Å². The number of hydrogen-bond donors (Lipinski definition) is 0. The summed E-state index contributed by atoms with van der Waals surface area (Å²) in [4.78, 5) is 7.67. The molecular weight excluding hydrogens is 756 g/mol. The molecule has 0 spiro atoms. The Labute approximate surface area is 371 Å². The van der Waals surface area contributed by atoms with Crippen LogP contribution in [0.15, 0.2) is 115 Å². The van der Waals surface area contributed by atoms with Crippen molar-refractivity contribution in [2.45, 2.75) is 136 Å². The first kappa shape index (κ1) is 40.8. The van der Waals surface area contributed by atoms with Gasteiger partial charge in [-0.2, -0.15) is 0 Å². The van der Waals surface area contributed by atoms with Crippen LogP contribution < -0.4 is 31.1 Å². The van der Waals surface area contributed by atoms with Gasteiger partial charge in [-0.3, -0.25) is 0 Å². The maximum absolute atomic E-state index is 15.2. The summed E-state index contributed by atoms with van der Waals surface area (Å²) in [6, 6.07) is 43.5. The van der Waals surface area contributed by atoms with Gasteiger partial charge in [0.2, 0.25) is 0 Å². The monoisotopic (exact) mass is 820 g/mol. The average Bonchev–Trinajstić information content (AvgIpc) is 3.41. The van der Waals surface area contributed by atoms with E-state index in [0.717, 1.165) is 48.3 Å². The summed E-state index contributed by atoms with van der Waals surface area (Å²) in [5, 5.41) is 0. The highest BCUT2D eigenvalue weighted by molar-refractivity contribution is 7.00. The zero-order valence-corrected chi connectivity index (χ0v) is 39.1. The van der Waals surface area contributed by atoms with Gasteiger partial charge >= 0.3 is 0 Å². The SMILES string of the molecule is Cc1cc2c3c(c1)N(c1ccc(C(C)(C)C)cc1)c1cc(N4c5ccc(F)cc5C5(C)CCCCC45C)ccc1B3c1cc(C(C)(C)C)ccc1N2c1ccc(C(C)(C)C)cc1. The van der Waals surface area contributed by atoms with Crippen LogP contribution in [0.2, 0.25) is 0 Å². The van der Waals surface area contributed by atoms with Gasteiger partial charge in [-0.25, -0.2) is 4.39 Å². The second-order valence-electron chi connectivity index (χ2n) is 22.5. The number of halogens is 1. The number of rotatable bonds is 3. The highest BCUT2D eigenvalue weighted by atomic mass is 19.1. The van der Waals surface area contributed by atoms with E-state index in [2.05, 4.69) is 195 Å². The minimum atomic E-state index is -0.201. The van der Waals surface area contributed by atoms with Gasteiger partial charge in [0.05, 0.1) is 5.54 Å². The number of anilines is 8. The molecule has 0 radical (unpaired) electrons. The first-order chi connectivity index (χ1) is 29.2. The fraction of sp³-hybridized carbons (Fsp3) is 0.368. The fourth-order valence-electron chi connectivity index (χ4n) is 11.6. The third-order valence-corrected chi connectivity index (χ3v) is 15.4. The van der Waals surface area contributed by atoms with Crippen molar-refractivity contribution < 1.29 is 4.39 Å². The molecule has 0 bridgehead atoms. The topological polar surface area (TPSA) is 9.72 Å². The predicted molar refractivity (Wildman–Crippen MR) is 264 cm³/mol. The molecule has 0 amide bonds. The number of benzene rings is 6. The molecule has 4 aliphatic rings. The Bertz CT molecular complexity index is 2770. The van der Waals surface area contributed by atoms with E-state index in [1.54, 1.807) is 6.07 Å². The second kappa shape index (κ2) is 13.6. The summed E-state index contributed by atoms with van der Waals surface area (Å²) in [5.41, 5.74) is 19.5. The fourth-order valence-corrected chi connectivity index (χ4v) is 11.6. The molecule has 0 N–H and O–H groups in total. The molecule has 1 aliphatic carbocycles. The van der Waals surface area contributed by atoms with Crippen molar-refractivity contribution in [3.63, 3.8) is 0 Å².